The molecule has 0 aromatic rings. The third-order valence-corrected chi connectivity index (χ3v) is 3.39. The van der Waals surface area contributed by atoms with Crippen molar-refractivity contribution in [2.75, 3.05) is 0 Å². The van der Waals surface area contributed by atoms with Crippen molar-refractivity contribution in [1.29, 1.82) is 0 Å². The van der Waals surface area contributed by atoms with Crippen LogP contribution in [-0.2, 0) is 9.53 Å². The molecule has 0 spiro atoms. The SMILES string of the molecule is CC1CC(C=O)(C2CC2)C(C)O1. The molecule has 68 valence electrons. The summed E-state index contributed by atoms with van der Waals surface area (Å²) in [6, 6.07) is 0. The fourth-order valence-electron chi connectivity index (χ4n) is 2.55. The Balaban J connectivity index is 2.20. The van der Waals surface area contributed by atoms with Gasteiger partial charge < -0.3 is 9.53 Å². The smallest absolute Gasteiger partial charge is 0.129 e. The van der Waals surface area contributed by atoms with Gasteiger partial charge in [0.2, 0.25) is 0 Å². The lowest BCUT2D eigenvalue weighted by atomic mass is 9.77. The molecule has 0 amide bonds. The van der Waals surface area contributed by atoms with E-state index >= 15 is 0 Å². The van der Waals surface area contributed by atoms with Crippen molar-refractivity contribution in [1.82, 2.24) is 0 Å². The summed E-state index contributed by atoms with van der Waals surface area (Å²) in [6.07, 6.45) is 4.93. The number of carbonyl (C=O) groups excluding carboxylic acids is 1. The molecule has 0 radical (unpaired) electrons. The van der Waals surface area contributed by atoms with Crippen molar-refractivity contribution in [3.8, 4) is 0 Å². The van der Waals surface area contributed by atoms with E-state index in [0.717, 1.165) is 12.7 Å². The second kappa shape index (κ2) is 2.56. The number of carbonyl (C=O) groups is 1. The molecule has 0 bridgehead atoms. The molecule has 2 nitrogen and oxygen atoms in total. The van der Waals surface area contributed by atoms with E-state index in [1.807, 2.05) is 6.92 Å². The van der Waals surface area contributed by atoms with Crippen LogP contribution >= 0.6 is 0 Å². The molecular formula is C10H16O2. The Labute approximate surface area is 73.3 Å². The number of aldehydes is 1. The molecule has 1 saturated carbocycles. The number of hydrogen-bond acceptors (Lipinski definition) is 2. The second-order valence-corrected chi connectivity index (χ2v) is 4.30. The number of ether oxygens (including phenoxy) is 1. The highest BCUT2D eigenvalue weighted by molar-refractivity contribution is 5.62. The fourth-order valence-corrected chi connectivity index (χ4v) is 2.55. The fraction of sp³-hybridized carbons (Fsp3) is 0.900. The summed E-state index contributed by atoms with van der Waals surface area (Å²) in [7, 11) is 0. The topological polar surface area (TPSA) is 26.3 Å². The van der Waals surface area contributed by atoms with Crippen LogP contribution in [-0.4, -0.2) is 18.5 Å². The first-order valence-electron chi connectivity index (χ1n) is 4.81. The Morgan fingerprint density at radius 2 is 2.08 bits per heavy atom. The summed E-state index contributed by atoms with van der Waals surface area (Å²) in [5.41, 5.74) is -0.126. The molecule has 1 saturated heterocycles. The van der Waals surface area contributed by atoms with Crippen LogP contribution in [0.15, 0.2) is 0 Å². The lowest BCUT2D eigenvalue weighted by molar-refractivity contribution is -0.120. The third-order valence-electron chi connectivity index (χ3n) is 3.39. The Kier molecular flexibility index (Phi) is 1.76. The zero-order chi connectivity index (χ0) is 8.77. The Morgan fingerprint density at radius 1 is 1.42 bits per heavy atom. The van der Waals surface area contributed by atoms with Gasteiger partial charge in [-0.05, 0) is 39.0 Å². The highest BCUT2D eigenvalue weighted by atomic mass is 16.5. The first-order valence-corrected chi connectivity index (χ1v) is 4.81. The molecule has 3 atom stereocenters. The van der Waals surface area contributed by atoms with Gasteiger partial charge in [-0.1, -0.05) is 0 Å². The lowest BCUT2D eigenvalue weighted by Crippen LogP contribution is -2.32. The summed E-state index contributed by atoms with van der Waals surface area (Å²) in [5.74, 6) is 0.620. The highest BCUT2D eigenvalue weighted by Gasteiger charge is 2.54. The number of hydrogen-bond donors (Lipinski definition) is 0. The molecule has 1 heterocycles. The molecule has 2 fully saturated rings. The molecule has 0 aromatic heterocycles. The van der Waals surface area contributed by atoms with Gasteiger partial charge in [0, 0.05) is 0 Å². The summed E-state index contributed by atoms with van der Waals surface area (Å²) >= 11 is 0. The standard InChI is InChI=1S/C10H16O2/c1-7-5-10(6-11,8(2)12-7)9-3-4-9/h6-9H,3-5H2,1-2H3. The quantitative estimate of drug-likeness (QED) is 0.587. The molecular weight excluding hydrogens is 152 g/mol. The van der Waals surface area contributed by atoms with Gasteiger partial charge in [0.15, 0.2) is 0 Å². The molecule has 0 N–H and O–H groups in total. The van der Waals surface area contributed by atoms with Gasteiger partial charge in [-0.2, -0.15) is 0 Å². The van der Waals surface area contributed by atoms with Crippen molar-refractivity contribution < 1.29 is 9.53 Å². The maximum absolute atomic E-state index is 11.1. The van der Waals surface area contributed by atoms with E-state index in [1.54, 1.807) is 0 Å². The predicted molar refractivity (Wildman–Crippen MR) is 45.8 cm³/mol. The summed E-state index contributed by atoms with van der Waals surface area (Å²) < 4.78 is 5.64. The van der Waals surface area contributed by atoms with Crippen LogP contribution < -0.4 is 0 Å². The van der Waals surface area contributed by atoms with Crippen LogP contribution in [0.5, 0.6) is 0 Å². The molecule has 1 aliphatic heterocycles. The van der Waals surface area contributed by atoms with E-state index in [0.29, 0.717) is 5.92 Å². The first-order chi connectivity index (χ1) is 5.69. The predicted octanol–water partition coefficient (Wildman–Crippen LogP) is 1.78. The van der Waals surface area contributed by atoms with E-state index in [2.05, 4.69) is 6.92 Å². The Hall–Kier alpha value is -0.370. The van der Waals surface area contributed by atoms with Gasteiger partial charge in [0.25, 0.3) is 0 Å². The maximum Gasteiger partial charge on any atom is 0.129 e. The van der Waals surface area contributed by atoms with Crippen LogP contribution in [0.2, 0.25) is 0 Å². The van der Waals surface area contributed by atoms with Crippen molar-refractivity contribution in [2.45, 2.75) is 45.3 Å². The molecule has 2 rings (SSSR count). The minimum absolute atomic E-state index is 0.126. The monoisotopic (exact) mass is 168 g/mol. The highest BCUT2D eigenvalue weighted by Crippen LogP contribution is 2.53. The largest absolute Gasteiger partial charge is 0.374 e. The van der Waals surface area contributed by atoms with Crippen molar-refractivity contribution in [3.63, 3.8) is 0 Å². The lowest BCUT2D eigenvalue weighted by Gasteiger charge is -2.25. The van der Waals surface area contributed by atoms with Crippen molar-refractivity contribution in [3.05, 3.63) is 0 Å². The average Bonchev–Trinajstić information content (AvgIpc) is 2.79. The maximum atomic E-state index is 11.1. The van der Waals surface area contributed by atoms with Gasteiger partial charge in [-0.3, -0.25) is 0 Å². The Morgan fingerprint density at radius 3 is 2.42 bits per heavy atom. The van der Waals surface area contributed by atoms with Crippen molar-refractivity contribution >= 4 is 6.29 Å². The molecule has 12 heavy (non-hydrogen) atoms. The molecule has 3 unspecified atom stereocenters. The van der Waals surface area contributed by atoms with E-state index in [9.17, 15) is 4.79 Å². The van der Waals surface area contributed by atoms with Crippen molar-refractivity contribution in [2.24, 2.45) is 11.3 Å². The molecule has 0 aromatic carbocycles. The summed E-state index contributed by atoms with van der Waals surface area (Å²) in [4.78, 5) is 11.1. The van der Waals surface area contributed by atoms with Crippen LogP contribution in [0.1, 0.15) is 33.1 Å². The molecule has 1 aliphatic carbocycles. The van der Waals surface area contributed by atoms with E-state index < -0.39 is 0 Å². The zero-order valence-electron chi connectivity index (χ0n) is 7.75. The number of rotatable bonds is 2. The minimum atomic E-state index is -0.126. The molecule has 2 aliphatic rings. The van der Waals surface area contributed by atoms with E-state index in [-0.39, 0.29) is 17.6 Å². The minimum Gasteiger partial charge on any atom is -0.374 e. The van der Waals surface area contributed by atoms with Crippen LogP contribution in [0, 0.1) is 11.3 Å². The normalized spacial score (nSPS) is 47.8. The zero-order valence-corrected chi connectivity index (χ0v) is 7.75. The summed E-state index contributed by atoms with van der Waals surface area (Å²) in [5, 5.41) is 0. The van der Waals surface area contributed by atoms with Gasteiger partial charge in [0.1, 0.15) is 6.29 Å². The van der Waals surface area contributed by atoms with Gasteiger partial charge in [-0.25, -0.2) is 0 Å². The van der Waals surface area contributed by atoms with Crippen LogP contribution in [0.4, 0.5) is 0 Å². The van der Waals surface area contributed by atoms with Crippen LogP contribution in [0.3, 0.4) is 0 Å². The van der Waals surface area contributed by atoms with Gasteiger partial charge in [-0.15, -0.1) is 0 Å². The van der Waals surface area contributed by atoms with E-state index in [1.165, 1.54) is 12.8 Å². The van der Waals surface area contributed by atoms with Crippen LogP contribution in [0.25, 0.3) is 0 Å². The average molecular weight is 168 g/mol. The van der Waals surface area contributed by atoms with E-state index in [4.69, 9.17) is 4.74 Å². The summed E-state index contributed by atoms with van der Waals surface area (Å²) in [6.45, 7) is 4.10. The first kappa shape index (κ1) is 8.24. The van der Waals surface area contributed by atoms with Gasteiger partial charge >= 0.3 is 0 Å². The third kappa shape index (κ3) is 1.01. The Bertz CT molecular complexity index is 198. The second-order valence-electron chi connectivity index (χ2n) is 4.30. The van der Waals surface area contributed by atoms with Gasteiger partial charge in [0.05, 0.1) is 17.6 Å². The molecule has 2 heteroatoms.